The van der Waals surface area contributed by atoms with E-state index in [1.165, 1.54) is 5.39 Å². The molecule has 0 aliphatic rings. The molecule has 4 rings (SSSR count). The highest BCUT2D eigenvalue weighted by Gasteiger charge is 2.13. The first-order valence-corrected chi connectivity index (χ1v) is 6.33. The van der Waals surface area contributed by atoms with Crippen molar-refractivity contribution in [3.8, 4) is 17.1 Å². The molecule has 0 aliphatic carbocycles. The van der Waals surface area contributed by atoms with Crippen LogP contribution in [0.2, 0.25) is 0 Å². The number of hydrogen-bond donors (Lipinski definition) is 1. The molecular weight excluding hydrogens is 250 g/mol. The van der Waals surface area contributed by atoms with Crippen LogP contribution in [0.1, 0.15) is 0 Å². The van der Waals surface area contributed by atoms with Crippen molar-refractivity contribution in [3.63, 3.8) is 0 Å². The zero-order valence-electron chi connectivity index (χ0n) is 10.6. The lowest BCUT2D eigenvalue weighted by Crippen LogP contribution is -1.83. The van der Waals surface area contributed by atoms with Gasteiger partial charge in [-0.2, -0.15) is 0 Å². The van der Waals surface area contributed by atoms with Gasteiger partial charge < -0.3 is 5.11 Å². The molecule has 96 valence electrons. The van der Waals surface area contributed by atoms with Gasteiger partial charge in [0.25, 0.3) is 0 Å². The minimum absolute atomic E-state index is 0.137. The lowest BCUT2D eigenvalue weighted by Gasteiger charge is -2.01. The van der Waals surface area contributed by atoms with E-state index in [0.717, 1.165) is 10.9 Å². The molecule has 20 heavy (non-hydrogen) atoms. The molecule has 4 heteroatoms. The van der Waals surface area contributed by atoms with Crippen LogP contribution in [0.5, 0.6) is 5.88 Å². The predicted molar refractivity (Wildman–Crippen MR) is 77.6 cm³/mol. The number of nitrogens with zero attached hydrogens (tertiary/aromatic N) is 3. The first kappa shape index (κ1) is 11.0. The quantitative estimate of drug-likeness (QED) is 0.572. The van der Waals surface area contributed by atoms with Gasteiger partial charge in [0.05, 0.1) is 6.20 Å². The van der Waals surface area contributed by atoms with Crippen molar-refractivity contribution in [3.05, 3.63) is 61.1 Å². The molecule has 2 heterocycles. The summed E-state index contributed by atoms with van der Waals surface area (Å²) in [5.74, 6) is 0.137. The van der Waals surface area contributed by atoms with E-state index in [0.29, 0.717) is 11.3 Å². The molecule has 0 fully saturated rings. The fourth-order valence-corrected chi connectivity index (χ4v) is 2.42. The first-order chi connectivity index (χ1) is 9.83. The van der Waals surface area contributed by atoms with Crippen LogP contribution in [-0.4, -0.2) is 19.5 Å². The Bertz CT molecular complexity index is 927. The van der Waals surface area contributed by atoms with Crippen LogP contribution in [0.4, 0.5) is 0 Å². The molecule has 4 nitrogen and oxygen atoms in total. The van der Waals surface area contributed by atoms with E-state index in [1.807, 2.05) is 36.4 Å². The highest BCUT2D eigenvalue weighted by molar-refractivity contribution is 5.87. The predicted octanol–water partition coefficient (Wildman–Crippen LogP) is 3.26. The molecule has 0 bridgehead atoms. The van der Waals surface area contributed by atoms with Crippen molar-refractivity contribution in [2.24, 2.45) is 0 Å². The second-order valence-electron chi connectivity index (χ2n) is 4.65. The Morgan fingerprint density at radius 2 is 1.85 bits per heavy atom. The van der Waals surface area contributed by atoms with Crippen LogP contribution in [0, 0.1) is 0 Å². The Kier molecular flexibility index (Phi) is 2.23. The van der Waals surface area contributed by atoms with E-state index in [9.17, 15) is 5.11 Å². The summed E-state index contributed by atoms with van der Waals surface area (Å²) in [6.45, 7) is 0. The monoisotopic (exact) mass is 261 g/mol. The zero-order chi connectivity index (χ0) is 13.5. The lowest BCUT2D eigenvalue weighted by molar-refractivity contribution is 0.450. The topological polar surface area (TPSA) is 50.4 Å². The average molecular weight is 261 g/mol. The minimum atomic E-state index is 0.137. The molecule has 0 unspecified atom stereocenters. The van der Waals surface area contributed by atoms with Crippen molar-refractivity contribution < 1.29 is 5.11 Å². The van der Waals surface area contributed by atoms with E-state index < -0.39 is 0 Å². The van der Waals surface area contributed by atoms with Crippen molar-refractivity contribution >= 4 is 16.4 Å². The van der Waals surface area contributed by atoms with E-state index >= 15 is 0 Å². The van der Waals surface area contributed by atoms with E-state index in [1.54, 1.807) is 23.0 Å². The van der Waals surface area contributed by atoms with Crippen molar-refractivity contribution in [1.82, 2.24) is 14.4 Å². The van der Waals surface area contributed by atoms with Gasteiger partial charge in [-0.3, -0.25) is 9.38 Å². The molecule has 1 N–H and O–H groups in total. The lowest BCUT2D eigenvalue weighted by atomic mass is 10.1. The molecular formula is C16H11N3O. The number of aromatic nitrogens is 3. The van der Waals surface area contributed by atoms with Crippen LogP contribution >= 0.6 is 0 Å². The second-order valence-corrected chi connectivity index (χ2v) is 4.65. The summed E-state index contributed by atoms with van der Waals surface area (Å²) in [7, 11) is 0. The van der Waals surface area contributed by atoms with Gasteiger partial charge in [-0.05, 0) is 16.8 Å². The average Bonchev–Trinajstić information content (AvgIpc) is 2.84. The van der Waals surface area contributed by atoms with Crippen molar-refractivity contribution in [2.45, 2.75) is 0 Å². The van der Waals surface area contributed by atoms with Crippen LogP contribution < -0.4 is 0 Å². The molecule has 0 atom stereocenters. The molecule has 2 aromatic heterocycles. The van der Waals surface area contributed by atoms with Crippen LogP contribution in [0.3, 0.4) is 0 Å². The number of imidazole rings is 1. The van der Waals surface area contributed by atoms with Gasteiger partial charge in [-0.25, -0.2) is 4.98 Å². The van der Waals surface area contributed by atoms with Gasteiger partial charge >= 0.3 is 0 Å². The Hall–Kier alpha value is -2.88. The van der Waals surface area contributed by atoms with E-state index in [4.69, 9.17) is 0 Å². The summed E-state index contributed by atoms with van der Waals surface area (Å²) in [6, 6.07) is 14.2. The minimum Gasteiger partial charge on any atom is -0.493 e. The SMILES string of the molecule is Oc1c(-c2ccc3ccccc3c2)nc2cnccn12. The maximum absolute atomic E-state index is 10.3. The first-order valence-electron chi connectivity index (χ1n) is 6.33. The van der Waals surface area contributed by atoms with E-state index in [2.05, 4.69) is 16.0 Å². The number of hydrogen-bond acceptors (Lipinski definition) is 3. The second kappa shape index (κ2) is 4.06. The smallest absolute Gasteiger partial charge is 0.224 e. The van der Waals surface area contributed by atoms with Gasteiger partial charge in [0.15, 0.2) is 5.65 Å². The third-order valence-electron chi connectivity index (χ3n) is 3.43. The van der Waals surface area contributed by atoms with E-state index in [-0.39, 0.29) is 5.88 Å². The number of rotatable bonds is 1. The molecule has 0 amide bonds. The van der Waals surface area contributed by atoms with Crippen LogP contribution in [-0.2, 0) is 0 Å². The summed E-state index contributed by atoms with van der Waals surface area (Å²) < 4.78 is 1.62. The Morgan fingerprint density at radius 1 is 1.00 bits per heavy atom. The summed E-state index contributed by atoms with van der Waals surface area (Å²) in [4.78, 5) is 8.46. The number of benzene rings is 2. The van der Waals surface area contributed by atoms with Gasteiger partial charge in [0, 0.05) is 18.0 Å². The van der Waals surface area contributed by atoms with Gasteiger partial charge in [-0.15, -0.1) is 0 Å². The number of fused-ring (bicyclic) bond motifs is 2. The Balaban J connectivity index is 1.98. The summed E-state index contributed by atoms with van der Waals surface area (Å²) in [6.07, 6.45) is 4.95. The summed E-state index contributed by atoms with van der Waals surface area (Å²) >= 11 is 0. The highest BCUT2D eigenvalue weighted by atomic mass is 16.3. The molecule has 0 saturated heterocycles. The van der Waals surface area contributed by atoms with Gasteiger partial charge in [-0.1, -0.05) is 36.4 Å². The normalized spacial score (nSPS) is 11.2. The standard InChI is InChI=1S/C16H11N3O/c20-16-15(18-14-10-17-7-8-19(14)16)13-6-5-11-3-1-2-4-12(11)9-13/h1-10,20H. The third-order valence-corrected chi connectivity index (χ3v) is 3.43. The largest absolute Gasteiger partial charge is 0.493 e. The Morgan fingerprint density at radius 3 is 2.70 bits per heavy atom. The fraction of sp³-hybridized carbons (Fsp3) is 0. The van der Waals surface area contributed by atoms with Crippen LogP contribution in [0.25, 0.3) is 27.7 Å². The van der Waals surface area contributed by atoms with Crippen LogP contribution in [0.15, 0.2) is 61.1 Å². The number of aromatic hydroxyl groups is 1. The molecule has 4 aromatic rings. The molecule has 0 radical (unpaired) electrons. The maximum atomic E-state index is 10.3. The highest BCUT2D eigenvalue weighted by Crippen LogP contribution is 2.31. The molecule has 0 spiro atoms. The van der Waals surface area contributed by atoms with Gasteiger partial charge in [0.2, 0.25) is 5.88 Å². The van der Waals surface area contributed by atoms with Crippen molar-refractivity contribution in [2.75, 3.05) is 0 Å². The molecule has 2 aromatic carbocycles. The van der Waals surface area contributed by atoms with Gasteiger partial charge in [0.1, 0.15) is 5.69 Å². The summed E-state index contributed by atoms with van der Waals surface area (Å²) in [5.41, 5.74) is 2.10. The maximum Gasteiger partial charge on any atom is 0.224 e. The molecule has 0 aliphatic heterocycles. The fourth-order valence-electron chi connectivity index (χ4n) is 2.42. The Labute approximate surface area is 115 Å². The van der Waals surface area contributed by atoms with Crippen molar-refractivity contribution in [1.29, 1.82) is 0 Å². The third kappa shape index (κ3) is 1.55. The zero-order valence-corrected chi connectivity index (χ0v) is 10.6. The molecule has 0 saturated carbocycles. The summed E-state index contributed by atoms with van der Waals surface area (Å²) in [5, 5.41) is 12.6.